The molecule has 1 saturated heterocycles. The molecule has 1 aliphatic heterocycles. The first-order valence-corrected chi connectivity index (χ1v) is 11.4. The van der Waals surface area contributed by atoms with Crippen molar-refractivity contribution in [3.8, 4) is 0 Å². The lowest BCUT2D eigenvalue weighted by Crippen LogP contribution is -2.40. The van der Waals surface area contributed by atoms with Gasteiger partial charge in [0.15, 0.2) is 0 Å². The van der Waals surface area contributed by atoms with Gasteiger partial charge in [0.1, 0.15) is 0 Å². The summed E-state index contributed by atoms with van der Waals surface area (Å²) in [5.74, 6) is -0.972. The third-order valence-electron chi connectivity index (χ3n) is 6.07. The van der Waals surface area contributed by atoms with Crippen LogP contribution in [-0.2, 0) is 26.3 Å². The predicted molar refractivity (Wildman–Crippen MR) is 120 cm³/mol. The van der Waals surface area contributed by atoms with E-state index in [4.69, 9.17) is 23.2 Å². The molecule has 2 heterocycles. The largest absolute Gasteiger partial charge is 0.351 e. The summed E-state index contributed by atoms with van der Waals surface area (Å²) in [6, 6.07) is 7.18. The van der Waals surface area contributed by atoms with Crippen molar-refractivity contribution in [1.29, 1.82) is 0 Å². The smallest absolute Gasteiger partial charge is 0.234 e. The Bertz CT molecular complexity index is 1060. The number of benzene rings is 1. The summed E-state index contributed by atoms with van der Waals surface area (Å²) in [5.41, 5.74) is 1.92. The molecule has 168 valence electrons. The van der Waals surface area contributed by atoms with Gasteiger partial charge in [-0.05, 0) is 62.9 Å². The van der Waals surface area contributed by atoms with Gasteiger partial charge in [0.25, 0.3) is 0 Å². The second-order valence-corrected chi connectivity index (χ2v) is 9.72. The van der Waals surface area contributed by atoms with Crippen LogP contribution < -0.4 is 10.6 Å². The molecule has 32 heavy (non-hydrogen) atoms. The Morgan fingerprint density at radius 2 is 1.81 bits per heavy atom. The molecule has 0 radical (unpaired) electrons. The van der Waals surface area contributed by atoms with E-state index in [2.05, 4.69) is 20.8 Å². The lowest BCUT2D eigenvalue weighted by atomic mass is 9.87. The van der Waals surface area contributed by atoms with E-state index in [9.17, 15) is 14.4 Å². The molecule has 1 saturated carbocycles. The minimum absolute atomic E-state index is 0.201. The lowest BCUT2D eigenvalue weighted by molar-refractivity contribution is -0.134. The van der Waals surface area contributed by atoms with Gasteiger partial charge in [-0.15, -0.1) is 0 Å². The maximum Gasteiger partial charge on any atom is 0.234 e. The van der Waals surface area contributed by atoms with E-state index in [1.807, 2.05) is 12.1 Å². The van der Waals surface area contributed by atoms with E-state index in [0.29, 0.717) is 39.2 Å². The summed E-state index contributed by atoms with van der Waals surface area (Å²) in [6.45, 7) is 3.81. The molecular weight excluding hydrogens is 451 g/mol. The normalized spacial score (nSPS) is 18.9. The van der Waals surface area contributed by atoms with Gasteiger partial charge < -0.3 is 5.32 Å². The number of amides is 3. The highest BCUT2D eigenvalue weighted by Crippen LogP contribution is 2.39. The zero-order valence-corrected chi connectivity index (χ0v) is 19.4. The third-order valence-corrected chi connectivity index (χ3v) is 6.69. The van der Waals surface area contributed by atoms with Crippen molar-refractivity contribution in [1.82, 2.24) is 20.8 Å². The van der Waals surface area contributed by atoms with Crippen molar-refractivity contribution in [3.05, 3.63) is 56.8 Å². The highest BCUT2D eigenvalue weighted by atomic mass is 35.5. The maximum atomic E-state index is 12.9. The number of carbonyl (C=O) groups excluding carboxylic acids is 3. The molecule has 0 spiro atoms. The molecule has 1 aliphatic carbocycles. The zero-order valence-electron chi connectivity index (χ0n) is 17.9. The first kappa shape index (κ1) is 22.7. The monoisotopic (exact) mass is 474 g/mol. The summed E-state index contributed by atoms with van der Waals surface area (Å²) in [7, 11) is 0. The van der Waals surface area contributed by atoms with Crippen molar-refractivity contribution < 1.29 is 14.4 Å². The van der Waals surface area contributed by atoms with E-state index >= 15 is 0 Å². The van der Waals surface area contributed by atoms with Crippen LogP contribution in [-0.4, -0.2) is 27.9 Å². The molecule has 2 aromatic rings. The molecule has 2 fully saturated rings. The first-order chi connectivity index (χ1) is 15.2. The Labute approximate surface area is 196 Å². The average Bonchev–Trinajstić information content (AvgIpc) is 3.58. The average molecular weight is 475 g/mol. The Hall–Kier alpha value is -2.51. The number of rotatable bonds is 6. The Morgan fingerprint density at radius 1 is 1.12 bits per heavy atom. The van der Waals surface area contributed by atoms with Crippen LogP contribution in [0.5, 0.6) is 0 Å². The molecule has 1 aromatic carbocycles. The number of carbonyl (C=O) groups is 3. The SMILES string of the molecule is CC(C)(C(=O)NCc1cc(Cl)c(C2CCC(=O)NC2=O)c(Cl)c1)c1ccc(C2CC2)nn1. The summed E-state index contributed by atoms with van der Waals surface area (Å²) >= 11 is 12.9. The molecule has 1 aromatic heterocycles. The number of piperidine rings is 1. The van der Waals surface area contributed by atoms with Crippen molar-refractivity contribution in [2.24, 2.45) is 0 Å². The Balaban J connectivity index is 1.44. The van der Waals surface area contributed by atoms with Gasteiger partial charge in [-0.1, -0.05) is 23.2 Å². The van der Waals surface area contributed by atoms with E-state index in [1.54, 1.807) is 26.0 Å². The second-order valence-electron chi connectivity index (χ2n) is 8.90. The molecule has 1 atom stereocenters. The lowest BCUT2D eigenvalue weighted by Gasteiger charge is -2.24. The Kier molecular flexibility index (Phi) is 6.23. The van der Waals surface area contributed by atoms with Crippen molar-refractivity contribution in [2.75, 3.05) is 0 Å². The van der Waals surface area contributed by atoms with Crippen LogP contribution in [0.2, 0.25) is 10.0 Å². The summed E-state index contributed by atoms with van der Waals surface area (Å²) in [4.78, 5) is 36.5. The zero-order chi connectivity index (χ0) is 23.0. The minimum Gasteiger partial charge on any atom is -0.351 e. The summed E-state index contributed by atoms with van der Waals surface area (Å²) in [6.07, 6.45) is 2.88. The van der Waals surface area contributed by atoms with Crippen molar-refractivity contribution >= 4 is 40.9 Å². The molecule has 4 rings (SSSR count). The first-order valence-electron chi connectivity index (χ1n) is 10.6. The molecule has 3 amide bonds. The van der Waals surface area contributed by atoms with E-state index in [1.165, 1.54) is 0 Å². The van der Waals surface area contributed by atoms with Gasteiger partial charge in [-0.2, -0.15) is 10.2 Å². The number of aromatic nitrogens is 2. The molecule has 9 heteroatoms. The van der Waals surface area contributed by atoms with Gasteiger partial charge in [0.05, 0.1) is 22.7 Å². The predicted octanol–water partition coefficient (Wildman–Crippen LogP) is 3.78. The molecule has 0 bridgehead atoms. The number of nitrogens with zero attached hydrogens (tertiary/aromatic N) is 2. The van der Waals surface area contributed by atoms with Crippen LogP contribution in [0.25, 0.3) is 0 Å². The molecule has 2 N–H and O–H groups in total. The van der Waals surface area contributed by atoms with Crippen LogP contribution in [0.4, 0.5) is 0 Å². The van der Waals surface area contributed by atoms with E-state index in [-0.39, 0.29) is 24.8 Å². The fourth-order valence-corrected chi connectivity index (χ4v) is 4.63. The number of halogens is 2. The van der Waals surface area contributed by atoms with Crippen LogP contribution in [0.1, 0.15) is 73.9 Å². The number of hydrogen-bond donors (Lipinski definition) is 2. The van der Waals surface area contributed by atoms with Crippen molar-refractivity contribution in [3.63, 3.8) is 0 Å². The second kappa shape index (κ2) is 8.79. The highest BCUT2D eigenvalue weighted by molar-refractivity contribution is 6.36. The maximum absolute atomic E-state index is 12.9. The van der Waals surface area contributed by atoms with Crippen LogP contribution in [0.3, 0.4) is 0 Å². The highest BCUT2D eigenvalue weighted by Gasteiger charge is 2.34. The molecular formula is C23H24Cl2N4O3. The minimum atomic E-state index is -0.866. The topological polar surface area (TPSA) is 101 Å². The fraction of sp³-hybridized carbons (Fsp3) is 0.435. The third kappa shape index (κ3) is 4.64. The number of nitrogens with one attached hydrogen (secondary N) is 2. The summed E-state index contributed by atoms with van der Waals surface area (Å²) < 4.78 is 0. The van der Waals surface area contributed by atoms with Gasteiger partial charge in [0.2, 0.25) is 17.7 Å². The van der Waals surface area contributed by atoms with Gasteiger partial charge in [-0.3, -0.25) is 19.7 Å². The van der Waals surface area contributed by atoms with Gasteiger partial charge in [-0.25, -0.2) is 0 Å². The van der Waals surface area contributed by atoms with E-state index in [0.717, 1.165) is 18.5 Å². The van der Waals surface area contributed by atoms with Crippen molar-refractivity contribution in [2.45, 2.75) is 63.3 Å². The number of hydrogen-bond acceptors (Lipinski definition) is 5. The molecule has 1 unspecified atom stereocenters. The standard InChI is InChI=1S/C23H24Cl2N4O3/c1-23(2,18-7-6-17(28-29-18)13-3-4-13)22(32)26-11-12-9-15(24)20(16(25)10-12)14-5-8-19(30)27-21(14)31/h6-7,9-10,13-14H,3-5,8,11H2,1-2H3,(H,26,32)(H,27,30,31). The van der Waals surface area contributed by atoms with Crippen LogP contribution in [0.15, 0.2) is 24.3 Å². The van der Waals surface area contributed by atoms with Gasteiger partial charge in [0, 0.05) is 34.5 Å². The van der Waals surface area contributed by atoms with Crippen LogP contribution >= 0.6 is 23.2 Å². The van der Waals surface area contributed by atoms with E-state index < -0.39 is 17.2 Å². The number of imide groups is 1. The fourth-order valence-electron chi connectivity index (χ4n) is 3.83. The van der Waals surface area contributed by atoms with Gasteiger partial charge >= 0.3 is 0 Å². The Morgan fingerprint density at radius 3 is 2.38 bits per heavy atom. The quantitative estimate of drug-likeness (QED) is 0.620. The summed E-state index contributed by atoms with van der Waals surface area (Å²) in [5, 5.41) is 14.4. The molecule has 2 aliphatic rings. The van der Waals surface area contributed by atoms with Crippen LogP contribution in [0, 0.1) is 0 Å². The molecule has 7 nitrogen and oxygen atoms in total.